The summed E-state index contributed by atoms with van der Waals surface area (Å²) in [6, 6.07) is 2.50. The summed E-state index contributed by atoms with van der Waals surface area (Å²) in [7, 11) is 0. The van der Waals surface area contributed by atoms with Gasteiger partial charge in [0.2, 0.25) is 0 Å². The van der Waals surface area contributed by atoms with Crippen LogP contribution in [0.25, 0.3) is 0 Å². The highest BCUT2D eigenvalue weighted by Gasteiger charge is 2.27. The molecule has 116 valence electrons. The first-order valence-corrected chi connectivity index (χ1v) is 9.17. The zero-order valence-electron chi connectivity index (χ0n) is 14.7. The SMILES string of the molecule is CCCCCCc1cc(C(C)(C)C)sc1C(C)(C)CC. The fourth-order valence-electron chi connectivity index (χ4n) is 2.46. The third-order valence-electron chi connectivity index (χ3n) is 4.35. The molecule has 0 fully saturated rings. The molecule has 0 unspecified atom stereocenters. The van der Waals surface area contributed by atoms with Gasteiger partial charge in [-0.1, -0.05) is 67.7 Å². The Balaban J connectivity index is 2.97. The molecule has 0 nitrogen and oxygen atoms in total. The number of hydrogen-bond donors (Lipinski definition) is 0. The third-order valence-corrected chi connectivity index (χ3v) is 6.32. The Bertz CT molecular complexity index is 404. The van der Waals surface area contributed by atoms with Gasteiger partial charge in [0, 0.05) is 9.75 Å². The highest BCUT2D eigenvalue weighted by molar-refractivity contribution is 7.12. The van der Waals surface area contributed by atoms with E-state index in [9.17, 15) is 0 Å². The topological polar surface area (TPSA) is 0 Å². The smallest absolute Gasteiger partial charge is 0.0137 e. The summed E-state index contributed by atoms with van der Waals surface area (Å²) in [4.78, 5) is 3.20. The highest BCUT2D eigenvalue weighted by Crippen LogP contribution is 2.41. The van der Waals surface area contributed by atoms with Gasteiger partial charge in [0.15, 0.2) is 0 Å². The Morgan fingerprint density at radius 3 is 2.10 bits per heavy atom. The maximum atomic E-state index is 2.50. The molecule has 0 atom stereocenters. The van der Waals surface area contributed by atoms with Crippen molar-refractivity contribution >= 4 is 11.3 Å². The van der Waals surface area contributed by atoms with Crippen LogP contribution in [0.2, 0.25) is 0 Å². The van der Waals surface area contributed by atoms with Crippen molar-refractivity contribution in [3.05, 3.63) is 21.4 Å². The molecule has 0 aliphatic carbocycles. The summed E-state index contributed by atoms with van der Waals surface area (Å²) in [5.74, 6) is 0. The molecule has 0 saturated carbocycles. The minimum atomic E-state index is 0.283. The molecule has 1 aromatic heterocycles. The fourth-order valence-corrected chi connectivity index (χ4v) is 3.90. The summed E-state index contributed by atoms with van der Waals surface area (Å²) < 4.78 is 0. The molecule has 1 rings (SSSR count). The van der Waals surface area contributed by atoms with E-state index in [4.69, 9.17) is 0 Å². The first kappa shape index (κ1) is 17.8. The molecular formula is C19H34S. The molecule has 0 aliphatic rings. The van der Waals surface area contributed by atoms with E-state index in [0.29, 0.717) is 5.41 Å². The van der Waals surface area contributed by atoms with Crippen molar-refractivity contribution in [3.8, 4) is 0 Å². The van der Waals surface area contributed by atoms with Gasteiger partial charge in [-0.3, -0.25) is 0 Å². The second kappa shape index (κ2) is 7.11. The van der Waals surface area contributed by atoms with E-state index in [1.165, 1.54) is 38.5 Å². The van der Waals surface area contributed by atoms with Crippen molar-refractivity contribution in [1.82, 2.24) is 0 Å². The Hall–Kier alpha value is -0.300. The standard InChI is InChI=1S/C19H34S/c1-8-10-11-12-13-15-14-16(18(3,4)5)20-17(15)19(6,7)9-2/h14H,8-13H2,1-7H3. The van der Waals surface area contributed by atoms with Gasteiger partial charge in [0.05, 0.1) is 0 Å². The van der Waals surface area contributed by atoms with Gasteiger partial charge in [-0.15, -0.1) is 11.3 Å². The first-order chi connectivity index (χ1) is 9.22. The summed E-state index contributed by atoms with van der Waals surface area (Å²) in [6.45, 7) is 16.4. The van der Waals surface area contributed by atoms with Crippen molar-refractivity contribution in [2.24, 2.45) is 0 Å². The van der Waals surface area contributed by atoms with Gasteiger partial charge in [-0.05, 0) is 41.7 Å². The lowest BCUT2D eigenvalue weighted by Crippen LogP contribution is -2.15. The third kappa shape index (κ3) is 4.62. The summed E-state index contributed by atoms with van der Waals surface area (Å²) in [6.07, 6.45) is 7.92. The number of unbranched alkanes of at least 4 members (excludes halogenated alkanes) is 3. The van der Waals surface area contributed by atoms with E-state index in [1.807, 2.05) is 0 Å². The Morgan fingerprint density at radius 2 is 1.60 bits per heavy atom. The number of thiophene rings is 1. The minimum Gasteiger partial charge on any atom is -0.144 e. The monoisotopic (exact) mass is 294 g/mol. The van der Waals surface area contributed by atoms with E-state index in [1.54, 1.807) is 15.3 Å². The molecule has 0 aromatic carbocycles. The molecule has 1 aromatic rings. The molecule has 0 radical (unpaired) electrons. The van der Waals surface area contributed by atoms with Gasteiger partial charge in [0.1, 0.15) is 0 Å². The zero-order chi connectivity index (χ0) is 15.4. The van der Waals surface area contributed by atoms with Crippen LogP contribution >= 0.6 is 11.3 Å². The lowest BCUT2D eigenvalue weighted by atomic mass is 9.84. The van der Waals surface area contributed by atoms with Crippen LogP contribution in [-0.4, -0.2) is 0 Å². The number of rotatable bonds is 7. The molecule has 0 bridgehead atoms. The predicted molar refractivity (Wildman–Crippen MR) is 94.2 cm³/mol. The van der Waals surface area contributed by atoms with Crippen molar-refractivity contribution in [3.63, 3.8) is 0 Å². The van der Waals surface area contributed by atoms with E-state index < -0.39 is 0 Å². The highest BCUT2D eigenvalue weighted by atomic mass is 32.1. The van der Waals surface area contributed by atoms with Crippen molar-refractivity contribution in [2.75, 3.05) is 0 Å². The van der Waals surface area contributed by atoms with Crippen LogP contribution < -0.4 is 0 Å². The van der Waals surface area contributed by atoms with Gasteiger partial charge in [-0.25, -0.2) is 0 Å². The van der Waals surface area contributed by atoms with Gasteiger partial charge >= 0.3 is 0 Å². The van der Waals surface area contributed by atoms with Crippen LogP contribution in [0.3, 0.4) is 0 Å². The molecule has 0 N–H and O–H groups in total. The first-order valence-electron chi connectivity index (χ1n) is 8.36. The zero-order valence-corrected chi connectivity index (χ0v) is 15.5. The molecule has 1 heterocycles. The maximum Gasteiger partial charge on any atom is 0.0137 e. The van der Waals surface area contributed by atoms with Crippen molar-refractivity contribution in [1.29, 1.82) is 0 Å². The second-order valence-corrected chi connectivity index (χ2v) is 8.82. The normalized spacial score (nSPS) is 12.9. The van der Waals surface area contributed by atoms with Gasteiger partial charge in [0.25, 0.3) is 0 Å². The van der Waals surface area contributed by atoms with E-state index >= 15 is 0 Å². The molecule has 0 saturated heterocycles. The van der Waals surface area contributed by atoms with Gasteiger partial charge < -0.3 is 0 Å². The van der Waals surface area contributed by atoms with Crippen LogP contribution in [0.4, 0.5) is 0 Å². The molecule has 0 aliphatic heterocycles. The number of aryl methyl sites for hydroxylation is 1. The molecule has 20 heavy (non-hydrogen) atoms. The summed E-state index contributed by atoms with van der Waals surface area (Å²) in [5.41, 5.74) is 2.24. The predicted octanol–water partition coefficient (Wildman–Crippen LogP) is 6.86. The van der Waals surface area contributed by atoms with E-state index in [0.717, 1.165) is 0 Å². The van der Waals surface area contributed by atoms with Crippen LogP contribution in [0, 0.1) is 0 Å². The van der Waals surface area contributed by atoms with Crippen LogP contribution in [0.1, 0.15) is 95.9 Å². The van der Waals surface area contributed by atoms with Crippen LogP contribution in [0.15, 0.2) is 6.07 Å². The second-order valence-electron chi connectivity index (χ2n) is 7.76. The molecule has 0 amide bonds. The maximum absolute atomic E-state index is 2.50. The van der Waals surface area contributed by atoms with Crippen LogP contribution in [-0.2, 0) is 17.3 Å². The Labute approximate surface area is 131 Å². The average molecular weight is 295 g/mol. The molecular weight excluding hydrogens is 260 g/mol. The summed E-state index contributed by atoms with van der Waals surface area (Å²) >= 11 is 2.06. The van der Waals surface area contributed by atoms with Crippen LogP contribution in [0.5, 0.6) is 0 Å². The van der Waals surface area contributed by atoms with Crippen molar-refractivity contribution in [2.45, 2.75) is 97.8 Å². The Morgan fingerprint density at radius 1 is 0.950 bits per heavy atom. The quantitative estimate of drug-likeness (QED) is 0.482. The summed E-state index contributed by atoms with van der Waals surface area (Å²) in [5, 5.41) is 0. The fraction of sp³-hybridized carbons (Fsp3) is 0.789. The van der Waals surface area contributed by atoms with Crippen molar-refractivity contribution < 1.29 is 0 Å². The molecule has 0 spiro atoms. The lowest BCUT2D eigenvalue weighted by molar-refractivity contribution is 0.510. The number of hydrogen-bond acceptors (Lipinski definition) is 1. The average Bonchev–Trinajstić information content (AvgIpc) is 2.79. The van der Waals surface area contributed by atoms with Gasteiger partial charge in [-0.2, -0.15) is 0 Å². The van der Waals surface area contributed by atoms with E-state index in [2.05, 4.69) is 65.9 Å². The molecule has 1 heteroatoms. The Kier molecular flexibility index (Phi) is 6.31. The largest absolute Gasteiger partial charge is 0.144 e. The minimum absolute atomic E-state index is 0.283. The van der Waals surface area contributed by atoms with E-state index in [-0.39, 0.29) is 5.41 Å². The lowest BCUT2D eigenvalue weighted by Gasteiger charge is -2.23.